The van der Waals surface area contributed by atoms with Crippen LogP contribution in [-0.4, -0.2) is 53.4 Å². The molecular weight excluding hydrogens is 388 g/mol. The van der Waals surface area contributed by atoms with Gasteiger partial charge in [0.2, 0.25) is 0 Å². The largest absolute Gasteiger partial charge is 0.459 e. The molecule has 1 unspecified atom stereocenters. The highest BCUT2D eigenvalue weighted by Gasteiger charge is 2.28. The number of alkyl carbamates (subject to hydrolysis) is 1. The molecule has 0 heterocycles. The molecule has 1 atom stereocenters. The summed E-state index contributed by atoms with van der Waals surface area (Å²) in [6, 6.07) is 8.80. The van der Waals surface area contributed by atoms with Crippen LogP contribution in [0.3, 0.4) is 0 Å². The first kappa shape index (κ1) is 25.3. The lowest BCUT2D eigenvalue weighted by Crippen LogP contribution is -2.48. The molecule has 0 bridgehead atoms. The molecule has 0 radical (unpaired) electrons. The highest BCUT2D eigenvalue weighted by molar-refractivity contribution is 5.78. The summed E-state index contributed by atoms with van der Waals surface area (Å²) < 4.78 is 15.9. The Morgan fingerprint density at radius 3 is 2.07 bits per heavy atom. The van der Waals surface area contributed by atoms with E-state index in [2.05, 4.69) is 5.32 Å². The van der Waals surface area contributed by atoms with Gasteiger partial charge in [-0.15, -0.1) is 0 Å². The summed E-state index contributed by atoms with van der Waals surface area (Å²) in [5.41, 5.74) is -0.545. The van der Waals surface area contributed by atoms with Crippen molar-refractivity contribution in [3.8, 4) is 0 Å². The highest BCUT2D eigenvalue weighted by atomic mass is 16.6. The van der Waals surface area contributed by atoms with Gasteiger partial charge in [-0.25, -0.2) is 9.59 Å². The third-order valence-electron chi connectivity index (χ3n) is 3.46. The summed E-state index contributed by atoms with van der Waals surface area (Å²) in [6.45, 7) is 12.0. The van der Waals surface area contributed by atoms with Crippen molar-refractivity contribution in [3.05, 3.63) is 35.9 Å². The molecule has 0 aliphatic carbocycles. The first-order valence-electron chi connectivity index (χ1n) is 9.92. The summed E-state index contributed by atoms with van der Waals surface area (Å²) in [6.07, 6.45) is -1.28. The Hall–Kier alpha value is -2.77. The lowest BCUT2D eigenvalue weighted by atomic mass is 10.2. The number of carbonyl (C=O) groups excluding carboxylic acids is 3. The van der Waals surface area contributed by atoms with E-state index in [1.54, 1.807) is 48.5 Å². The van der Waals surface area contributed by atoms with Crippen LogP contribution in [0.25, 0.3) is 0 Å². The molecule has 8 nitrogen and oxygen atoms in total. The number of benzene rings is 1. The molecule has 168 valence electrons. The van der Waals surface area contributed by atoms with Crippen molar-refractivity contribution in [1.29, 1.82) is 0 Å². The van der Waals surface area contributed by atoms with Crippen molar-refractivity contribution in [2.75, 3.05) is 13.1 Å². The lowest BCUT2D eigenvalue weighted by molar-refractivity contribution is -0.156. The zero-order valence-corrected chi connectivity index (χ0v) is 19.0. The van der Waals surface area contributed by atoms with Gasteiger partial charge in [0.1, 0.15) is 24.4 Å². The number of rotatable bonds is 7. The summed E-state index contributed by atoms with van der Waals surface area (Å²) in [5.74, 6) is -0.563. The minimum absolute atomic E-state index is 0.0502. The number of hydrogen-bond donors (Lipinski definition) is 1. The standard InChI is InChI=1S/C22H34N2O6/c1-16(23-19(26)28-15-17-11-9-8-10-12-17)13-24(20(27)30-22(5,6)7)14-18(25)29-21(2,3)4/h8-12,16H,13-15H2,1-7H3,(H,23,26). The Labute approximate surface area is 178 Å². The van der Waals surface area contributed by atoms with Crippen LogP contribution in [-0.2, 0) is 25.6 Å². The van der Waals surface area contributed by atoms with E-state index < -0.39 is 35.4 Å². The third-order valence-corrected chi connectivity index (χ3v) is 3.46. The van der Waals surface area contributed by atoms with Crippen LogP contribution in [0.15, 0.2) is 30.3 Å². The van der Waals surface area contributed by atoms with Gasteiger partial charge in [-0.2, -0.15) is 0 Å². The predicted molar refractivity (Wildman–Crippen MR) is 113 cm³/mol. The maximum atomic E-state index is 12.5. The molecule has 0 fully saturated rings. The number of carbonyl (C=O) groups is 3. The van der Waals surface area contributed by atoms with Gasteiger partial charge in [-0.3, -0.25) is 9.69 Å². The average Bonchev–Trinajstić information content (AvgIpc) is 2.57. The monoisotopic (exact) mass is 422 g/mol. The van der Waals surface area contributed by atoms with Gasteiger partial charge in [0.25, 0.3) is 0 Å². The number of nitrogens with one attached hydrogen (secondary N) is 1. The number of esters is 1. The number of ether oxygens (including phenoxy) is 3. The summed E-state index contributed by atoms with van der Waals surface area (Å²) >= 11 is 0. The minimum Gasteiger partial charge on any atom is -0.459 e. The molecule has 0 saturated heterocycles. The van der Waals surface area contributed by atoms with Gasteiger partial charge in [0.05, 0.1) is 0 Å². The molecule has 8 heteroatoms. The molecule has 1 N–H and O–H groups in total. The zero-order chi connectivity index (χ0) is 22.9. The molecule has 1 aromatic carbocycles. The summed E-state index contributed by atoms with van der Waals surface area (Å²) in [5, 5.41) is 2.66. The van der Waals surface area contributed by atoms with E-state index in [1.165, 1.54) is 4.90 Å². The van der Waals surface area contributed by atoms with Crippen LogP contribution < -0.4 is 5.32 Å². The Balaban J connectivity index is 2.67. The van der Waals surface area contributed by atoms with E-state index in [9.17, 15) is 14.4 Å². The van der Waals surface area contributed by atoms with E-state index in [-0.39, 0.29) is 19.7 Å². The minimum atomic E-state index is -0.728. The van der Waals surface area contributed by atoms with E-state index in [0.717, 1.165) is 5.56 Å². The molecule has 1 rings (SSSR count). The topological polar surface area (TPSA) is 94.2 Å². The van der Waals surface area contributed by atoms with Crippen molar-refractivity contribution < 1.29 is 28.6 Å². The number of amides is 2. The van der Waals surface area contributed by atoms with Crippen molar-refractivity contribution in [1.82, 2.24) is 10.2 Å². The van der Waals surface area contributed by atoms with E-state index in [1.807, 2.05) is 30.3 Å². The molecular formula is C22H34N2O6. The molecule has 30 heavy (non-hydrogen) atoms. The van der Waals surface area contributed by atoms with Crippen LogP contribution >= 0.6 is 0 Å². The van der Waals surface area contributed by atoms with Gasteiger partial charge < -0.3 is 19.5 Å². The number of nitrogens with zero attached hydrogens (tertiary/aromatic N) is 1. The first-order chi connectivity index (χ1) is 13.7. The van der Waals surface area contributed by atoms with Crippen LogP contribution in [0.4, 0.5) is 9.59 Å². The van der Waals surface area contributed by atoms with Gasteiger partial charge in [-0.05, 0) is 54.0 Å². The highest BCUT2D eigenvalue weighted by Crippen LogP contribution is 2.12. The van der Waals surface area contributed by atoms with E-state index in [4.69, 9.17) is 14.2 Å². The van der Waals surface area contributed by atoms with Gasteiger partial charge in [0.15, 0.2) is 0 Å². The molecule has 2 amide bonds. The molecule has 0 aliphatic rings. The van der Waals surface area contributed by atoms with Gasteiger partial charge in [0, 0.05) is 12.6 Å². The Morgan fingerprint density at radius 2 is 1.53 bits per heavy atom. The van der Waals surface area contributed by atoms with E-state index >= 15 is 0 Å². The molecule has 0 saturated carbocycles. The average molecular weight is 423 g/mol. The molecule has 1 aromatic rings. The number of hydrogen-bond acceptors (Lipinski definition) is 6. The van der Waals surface area contributed by atoms with Crippen LogP contribution in [0.1, 0.15) is 54.0 Å². The summed E-state index contributed by atoms with van der Waals surface area (Å²) in [7, 11) is 0. The summed E-state index contributed by atoms with van der Waals surface area (Å²) in [4.78, 5) is 38.0. The molecule has 0 aromatic heterocycles. The van der Waals surface area contributed by atoms with Crippen LogP contribution in [0.5, 0.6) is 0 Å². The second-order valence-electron chi connectivity index (χ2n) is 9.05. The molecule has 0 spiro atoms. The van der Waals surface area contributed by atoms with Gasteiger partial charge in [-0.1, -0.05) is 30.3 Å². The predicted octanol–water partition coefficient (Wildman–Crippen LogP) is 3.88. The first-order valence-corrected chi connectivity index (χ1v) is 9.92. The van der Waals surface area contributed by atoms with Crippen LogP contribution in [0.2, 0.25) is 0 Å². The van der Waals surface area contributed by atoms with Crippen molar-refractivity contribution in [2.24, 2.45) is 0 Å². The second-order valence-corrected chi connectivity index (χ2v) is 9.05. The quantitative estimate of drug-likeness (QED) is 0.529. The fourth-order valence-electron chi connectivity index (χ4n) is 2.40. The second kappa shape index (κ2) is 10.8. The normalized spacial score (nSPS) is 12.5. The van der Waals surface area contributed by atoms with Crippen molar-refractivity contribution in [3.63, 3.8) is 0 Å². The van der Waals surface area contributed by atoms with Crippen molar-refractivity contribution >= 4 is 18.2 Å². The fourth-order valence-corrected chi connectivity index (χ4v) is 2.40. The lowest BCUT2D eigenvalue weighted by Gasteiger charge is -2.30. The fraction of sp³-hybridized carbons (Fsp3) is 0.591. The Morgan fingerprint density at radius 1 is 0.967 bits per heavy atom. The Kier molecular flexibility index (Phi) is 9.14. The maximum Gasteiger partial charge on any atom is 0.410 e. The SMILES string of the molecule is CC(CN(CC(=O)OC(C)(C)C)C(=O)OC(C)(C)C)NC(=O)OCc1ccccc1. The smallest absolute Gasteiger partial charge is 0.410 e. The molecule has 0 aliphatic heterocycles. The van der Waals surface area contributed by atoms with Crippen molar-refractivity contribution in [2.45, 2.75) is 72.3 Å². The van der Waals surface area contributed by atoms with E-state index in [0.29, 0.717) is 0 Å². The third kappa shape index (κ3) is 11.3. The Bertz CT molecular complexity index is 707. The zero-order valence-electron chi connectivity index (χ0n) is 19.0. The maximum absolute atomic E-state index is 12.5. The van der Waals surface area contributed by atoms with Crippen LogP contribution in [0, 0.1) is 0 Å². The van der Waals surface area contributed by atoms with Gasteiger partial charge >= 0.3 is 18.2 Å².